The summed E-state index contributed by atoms with van der Waals surface area (Å²) in [5.41, 5.74) is 2.44. The van der Waals surface area contributed by atoms with E-state index in [4.69, 9.17) is 0 Å². The summed E-state index contributed by atoms with van der Waals surface area (Å²) in [4.78, 5) is 23.4. The van der Waals surface area contributed by atoms with E-state index < -0.39 is 9.84 Å². The molecule has 1 aliphatic heterocycles. The number of amides is 1. The van der Waals surface area contributed by atoms with Crippen molar-refractivity contribution in [3.05, 3.63) is 67.0 Å². The zero-order valence-corrected chi connectivity index (χ0v) is 16.6. The number of hydrogen-bond donors (Lipinski definition) is 1. The molecule has 1 N–H and O–H groups in total. The van der Waals surface area contributed by atoms with Crippen molar-refractivity contribution < 1.29 is 13.2 Å². The predicted octanol–water partition coefficient (Wildman–Crippen LogP) is 2.62. The number of carbonyl (C=O) groups excluding carboxylic acids is 1. The molecule has 1 fully saturated rings. The molecule has 29 heavy (non-hydrogen) atoms. The molecule has 0 radical (unpaired) electrons. The number of aromatic nitrogens is 2. The third-order valence-electron chi connectivity index (χ3n) is 4.85. The summed E-state index contributed by atoms with van der Waals surface area (Å²) in [5.74, 6) is 0.547. The van der Waals surface area contributed by atoms with E-state index in [1.165, 1.54) is 18.5 Å². The number of nitrogens with zero attached hydrogens (tertiary/aromatic N) is 3. The van der Waals surface area contributed by atoms with E-state index in [1.54, 1.807) is 12.1 Å². The van der Waals surface area contributed by atoms with Gasteiger partial charge >= 0.3 is 0 Å². The normalized spacial score (nSPS) is 14.3. The van der Waals surface area contributed by atoms with Gasteiger partial charge in [0.2, 0.25) is 5.91 Å². The molecule has 0 spiro atoms. The largest absolute Gasteiger partial charge is 0.355 e. The minimum Gasteiger partial charge on any atom is -0.355 e. The van der Waals surface area contributed by atoms with Crippen molar-refractivity contribution >= 4 is 27.2 Å². The monoisotopic (exact) mass is 408 g/mol. The Morgan fingerprint density at radius 1 is 1.03 bits per heavy atom. The van der Waals surface area contributed by atoms with Gasteiger partial charge in [-0.05, 0) is 24.3 Å². The van der Waals surface area contributed by atoms with Crippen molar-refractivity contribution in [2.45, 2.75) is 4.90 Å². The minimum atomic E-state index is -3.25. The van der Waals surface area contributed by atoms with Crippen molar-refractivity contribution in [2.75, 3.05) is 29.6 Å². The van der Waals surface area contributed by atoms with Crippen molar-refractivity contribution in [2.24, 2.45) is 5.92 Å². The van der Waals surface area contributed by atoms with E-state index in [9.17, 15) is 13.2 Å². The topological polar surface area (TPSA) is 92.3 Å². The van der Waals surface area contributed by atoms with Crippen LogP contribution in [-0.2, 0) is 14.6 Å². The van der Waals surface area contributed by atoms with E-state index in [-0.39, 0.29) is 16.7 Å². The third-order valence-corrected chi connectivity index (χ3v) is 5.98. The van der Waals surface area contributed by atoms with Crippen LogP contribution in [0.5, 0.6) is 0 Å². The van der Waals surface area contributed by atoms with E-state index in [0.29, 0.717) is 18.8 Å². The van der Waals surface area contributed by atoms with E-state index in [1.807, 2.05) is 41.3 Å². The molecule has 8 heteroatoms. The number of anilines is 2. The second-order valence-corrected chi connectivity index (χ2v) is 9.03. The average Bonchev–Trinajstić information content (AvgIpc) is 2.67. The summed E-state index contributed by atoms with van der Waals surface area (Å²) in [6.07, 6.45) is 2.69. The molecule has 0 bridgehead atoms. The lowest BCUT2D eigenvalue weighted by Crippen LogP contribution is -2.52. The van der Waals surface area contributed by atoms with Crippen molar-refractivity contribution in [1.29, 1.82) is 0 Å². The number of sulfone groups is 1. The molecule has 0 saturated carbocycles. The first-order valence-corrected chi connectivity index (χ1v) is 11.0. The van der Waals surface area contributed by atoms with E-state index >= 15 is 0 Å². The van der Waals surface area contributed by atoms with Gasteiger partial charge in [-0.1, -0.05) is 30.3 Å². The first-order valence-electron chi connectivity index (χ1n) is 9.13. The van der Waals surface area contributed by atoms with Gasteiger partial charge in [0.25, 0.3) is 0 Å². The summed E-state index contributed by atoms with van der Waals surface area (Å²) < 4.78 is 23.0. The van der Waals surface area contributed by atoms with Crippen LogP contribution >= 0.6 is 0 Å². The smallest absolute Gasteiger partial charge is 0.231 e. The Morgan fingerprint density at radius 3 is 2.38 bits per heavy atom. The fourth-order valence-electron chi connectivity index (χ4n) is 3.15. The zero-order valence-electron chi connectivity index (χ0n) is 15.8. The second kappa shape index (κ2) is 7.63. The number of nitrogens with one attached hydrogen (secondary N) is 1. The molecular formula is C21H20N4O3S. The molecule has 1 amide bonds. The Hall–Kier alpha value is -3.26. The molecular weight excluding hydrogens is 388 g/mol. The van der Waals surface area contributed by atoms with Crippen molar-refractivity contribution in [3.8, 4) is 11.3 Å². The molecule has 4 rings (SSSR count). The maximum atomic E-state index is 12.5. The average molecular weight is 408 g/mol. The summed E-state index contributed by atoms with van der Waals surface area (Å²) in [5, 5.41) is 2.84. The van der Waals surface area contributed by atoms with Crippen LogP contribution in [0.2, 0.25) is 0 Å². The molecule has 2 aromatic carbocycles. The van der Waals surface area contributed by atoms with Crippen molar-refractivity contribution in [1.82, 2.24) is 9.97 Å². The number of benzene rings is 2. The molecule has 1 aliphatic rings. The van der Waals surface area contributed by atoms with E-state index in [2.05, 4.69) is 15.3 Å². The Bertz CT molecular complexity index is 1130. The molecule has 0 atom stereocenters. The highest BCUT2D eigenvalue weighted by atomic mass is 32.2. The molecule has 0 unspecified atom stereocenters. The standard InChI is InChI=1S/C21H20N4O3S/c1-29(27,28)18-9-7-17(8-10-18)24-21(26)16-12-25(13-16)20-11-19(22-14-23-20)15-5-3-2-4-6-15/h2-11,14,16H,12-13H2,1H3,(H,24,26). The molecule has 0 aliphatic carbocycles. The van der Waals surface area contributed by atoms with Gasteiger partial charge in [0.05, 0.1) is 16.5 Å². The third kappa shape index (κ3) is 4.27. The van der Waals surface area contributed by atoms with Crippen LogP contribution in [0.1, 0.15) is 0 Å². The molecule has 148 valence electrons. The lowest BCUT2D eigenvalue weighted by Gasteiger charge is -2.39. The summed E-state index contributed by atoms with van der Waals surface area (Å²) in [6, 6.07) is 18.0. The van der Waals surface area contributed by atoms with Crippen LogP contribution in [0.4, 0.5) is 11.5 Å². The highest BCUT2D eigenvalue weighted by Crippen LogP contribution is 2.27. The first kappa shape index (κ1) is 19.1. The zero-order chi connectivity index (χ0) is 20.4. The SMILES string of the molecule is CS(=O)(=O)c1ccc(NC(=O)C2CN(c3cc(-c4ccccc4)ncn3)C2)cc1. The number of rotatable bonds is 5. The lowest BCUT2D eigenvalue weighted by atomic mass is 9.99. The quantitative estimate of drug-likeness (QED) is 0.698. The Kier molecular flexibility index (Phi) is 5.02. The Labute approximate surface area is 169 Å². The van der Waals surface area contributed by atoms with Gasteiger partial charge in [-0.25, -0.2) is 18.4 Å². The van der Waals surface area contributed by atoms with Gasteiger partial charge in [-0.3, -0.25) is 4.79 Å². The van der Waals surface area contributed by atoms with Crippen LogP contribution in [0, 0.1) is 5.92 Å². The molecule has 2 heterocycles. The van der Waals surface area contributed by atoms with Gasteiger partial charge in [0.1, 0.15) is 12.1 Å². The van der Waals surface area contributed by atoms with Crippen LogP contribution in [0.3, 0.4) is 0 Å². The highest BCUT2D eigenvalue weighted by Gasteiger charge is 2.33. The first-order chi connectivity index (χ1) is 13.9. The maximum absolute atomic E-state index is 12.5. The lowest BCUT2D eigenvalue weighted by molar-refractivity contribution is -0.120. The van der Waals surface area contributed by atoms with Gasteiger partial charge in [0.15, 0.2) is 9.84 Å². The van der Waals surface area contributed by atoms with Gasteiger partial charge in [-0.2, -0.15) is 0 Å². The summed E-state index contributed by atoms with van der Waals surface area (Å²) in [6.45, 7) is 1.14. The fraction of sp³-hybridized carbons (Fsp3) is 0.190. The minimum absolute atomic E-state index is 0.0919. The van der Waals surface area contributed by atoms with E-state index in [0.717, 1.165) is 23.3 Å². The summed E-state index contributed by atoms with van der Waals surface area (Å²) >= 11 is 0. The highest BCUT2D eigenvalue weighted by molar-refractivity contribution is 7.90. The fourth-order valence-corrected chi connectivity index (χ4v) is 3.78. The van der Waals surface area contributed by atoms with Crippen LogP contribution in [0.25, 0.3) is 11.3 Å². The molecule has 7 nitrogen and oxygen atoms in total. The second-order valence-electron chi connectivity index (χ2n) is 7.02. The predicted molar refractivity (Wildman–Crippen MR) is 111 cm³/mol. The number of carbonyl (C=O) groups is 1. The molecule has 1 saturated heterocycles. The Morgan fingerprint density at radius 2 is 1.72 bits per heavy atom. The van der Waals surface area contributed by atoms with Crippen molar-refractivity contribution in [3.63, 3.8) is 0 Å². The number of hydrogen-bond acceptors (Lipinski definition) is 6. The van der Waals surface area contributed by atoms with Crippen LogP contribution in [-0.4, -0.2) is 43.6 Å². The summed E-state index contributed by atoms with van der Waals surface area (Å²) in [7, 11) is -3.25. The van der Waals surface area contributed by atoms with Crippen LogP contribution < -0.4 is 10.2 Å². The Balaban J connectivity index is 1.37. The molecule has 1 aromatic heterocycles. The van der Waals surface area contributed by atoms with Gasteiger partial charge in [-0.15, -0.1) is 0 Å². The van der Waals surface area contributed by atoms with Crippen LogP contribution in [0.15, 0.2) is 71.9 Å². The molecule has 3 aromatic rings. The van der Waals surface area contributed by atoms with Gasteiger partial charge in [0, 0.05) is 36.7 Å². The maximum Gasteiger partial charge on any atom is 0.231 e. The van der Waals surface area contributed by atoms with Gasteiger partial charge < -0.3 is 10.2 Å².